The molecule has 1 unspecified atom stereocenters. The Bertz CT molecular complexity index is 1030. The first-order chi connectivity index (χ1) is 15.0. The third kappa shape index (κ3) is 4.90. The zero-order valence-electron chi connectivity index (χ0n) is 17.2. The monoisotopic (exact) mass is 427 g/mol. The molecule has 0 N–H and O–H groups in total. The van der Waals surface area contributed by atoms with E-state index in [2.05, 4.69) is 17.1 Å². The Hall–Kier alpha value is -3.29. The van der Waals surface area contributed by atoms with Crippen LogP contribution in [0.25, 0.3) is 11.4 Å². The fourth-order valence-corrected chi connectivity index (χ4v) is 3.61. The van der Waals surface area contributed by atoms with Crippen LogP contribution < -0.4 is 4.74 Å². The molecule has 0 radical (unpaired) electrons. The van der Waals surface area contributed by atoms with E-state index >= 15 is 0 Å². The van der Waals surface area contributed by atoms with Crippen molar-refractivity contribution in [2.45, 2.75) is 45.2 Å². The van der Waals surface area contributed by atoms with Gasteiger partial charge in [0.25, 0.3) is 0 Å². The van der Waals surface area contributed by atoms with Crippen molar-refractivity contribution in [3.63, 3.8) is 0 Å². The summed E-state index contributed by atoms with van der Waals surface area (Å²) in [7, 11) is 0. The number of rotatable bonds is 8. The molecule has 31 heavy (non-hydrogen) atoms. The summed E-state index contributed by atoms with van der Waals surface area (Å²) in [6, 6.07) is 10.2. The third-order valence-corrected chi connectivity index (χ3v) is 5.21. The molecular weight excluding hydrogens is 404 g/mol. The maximum atomic E-state index is 13.5. The van der Waals surface area contributed by atoms with Gasteiger partial charge in [-0.25, -0.2) is 8.78 Å². The summed E-state index contributed by atoms with van der Waals surface area (Å²) in [5.41, 5.74) is 1.14. The lowest BCUT2D eigenvalue weighted by Gasteiger charge is -2.22. The molecule has 0 aliphatic carbocycles. The summed E-state index contributed by atoms with van der Waals surface area (Å²) in [5, 5.41) is 4.05. The summed E-state index contributed by atoms with van der Waals surface area (Å²) in [6.07, 6.45) is 2.87. The second kappa shape index (κ2) is 9.24. The van der Waals surface area contributed by atoms with Crippen LogP contribution in [0.2, 0.25) is 0 Å². The number of aromatic nitrogens is 2. The molecule has 0 spiro atoms. The van der Waals surface area contributed by atoms with E-state index in [-0.39, 0.29) is 12.5 Å². The van der Waals surface area contributed by atoms with Crippen molar-refractivity contribution in [1.82, 2.24) is 15.0 Å². The molecule has 162 valence electrons. The third-order valence-electron chi connectivity index (χ3n) is 5.21. The van der Waals surface area contributed by atoms with E-state index in [1.54, 1.807) is 0 Å². The van der Waals surface area contributed by atoms with Gasteiger partial charge in [-0.2, -0.15) is 4.98 Å². The summed E-state index contributed by atoms with van der Waals surface area (Å²) < 4.78 is 38.2. The average molecular weight is 427 g/mol. The highest BCUT2D eigenvalue weighted by molar-refractivity contribution is 5.78. The van der Waals surface area contributed by atoms with E-state index in [9.17, 15) is 13.6 Å². The number of hydrogen-bond acceptors (Lipinski definition) is 5. The molecule has 8 heteroatoms. The molecule has 4 rings (SSSR count). The Balaban J connectivity index is 1.48. The van der Waals surface area contributed by atoms with Gasteiger partial charge in [0, 0.05) is 24.6 Å². The number of benzene rings is 2. The molecule has 2 heterocycles. The van der Waals surface area contributed by atoms with Gasteiger partial charge < -0.3 is 14.2 Å². The highest BCUT2D eigenvalue weighted by Crippen LogP contribution is 2.34. The summed E-state index contributed by atoms with van der Waals surface area (Å²) in [4.78, 5) is 18.4. The van der Waals surface area contributed by atoms with Crippen molar-refractivity contribution in [3.05, 3.63) is 65.6 Å². The first-order valence-corrected chi connectivity index (χ1v) is 10.3. The molecule has 1 atom stereocenters. The molecule has 0 saturated carbocycles. The number of amides is 1. The van der Waals surface area contributed by atoms with Crippen LogP contribution in [0.3, 0.4) is 0 Å². The predicted molar refractivity (Wildman–Crippen MR) is 109 cm³/mol. The minimum atomic E-state index is -0.680. The quantitative estimate of drug-likeness (QED) is 0.470. The van der Waals surface area contributed by atoms with E-state index in [0.29, 0.717) is 36.7 Å². The van der Waals surface area contributed by atoms with Crippen LogP contribution >= 0.6 is 0 Å². The Morgan fingerprint density at radius 2 is 1.90 bits per heavy atom. The largest absolute Gasteiger partial charge is 0.494 e. The zero-order valence-corrected chi connectivity index (χ0v) is 17.2. The standard InChI is InChI=1S/C23H23F2N3O3/c1-2-3-10-30-19-6-4-16(5-7-19)22-26-23(31-27-22)20-8-9-21(29)28(20)14-15-11-17(24)13-18(25)12-15/h4-7,11-13,20H,2-3,8-10,14H2,1H3. The number of ether oxygens (including phenoxy) is 1. The van der Waals surface area contributed by atoms with Crippen LogP contribution in [0.1, 0.15) is 50.1 Å². The Kier molecular flexibility index (Phi) is 6.25. The van der Waals surface area contributed by atoms with Crippen LogP contribution in [0.5, 0.6) is 5.75 Å². The molecule has 1 aliphatic rings. The highest BCUT2D eigenvalue weighted by atomic mass is 19.1. The van der Waals surface area contributed by atoms with Crippen LogP contribution in [0.4, 0.5) is 8.78 Å². The molecular formula is C23H23F2N3O3. The van der Waals surface area contributed by atoms with Crippen LogP contribution in [-0.4, -0.2) is 27.6 Å². The van der Waals surface area contributed by atoms with E-state index < -0.39 is 17.7 Å². The van der Waals surface area contributed by atoms with Gasteiger partial charge in [-0.15, -0.1) is 0 Å². The summed E-state index contributed by atoms with van der Waals surface area (Å²) in [5.74, 6) is 0.00630. The molecule has 1 fully saturated rings. The van der Waals surface area contributed by atoms with Gasteiger partial charge >= 0.3 is 0 Å². The Morgan fingerprint density at radius 3 is 2.61 bits per heavy atom. The Morgan fingerprint density at radius 1 is 1.16 bits per heavy atom. The van der Waals surface area contributed by atoms with Gasteiger partial charge in [-0.05, 0) is 54.8 Å². The van der Waals surface area contributed by atoms with Crippen molar-refractivity contribution in [2.24, 2.45) is 0 Å². The molecule has 1 aliphatic heterocycles. The normalized spacial score (nSPS) is 16.2. The highest BCUT2D eigenvalue weighted by Gasteiger charge is 2.36. The summed E-state index contributed by atoms with van der Waals surface area (Å²) >= 11 is 0. The topological polar surface area (TPSA) is 68.5 Å². The van der Waals surface area contributed by atoms with Crippen molar-refractivity contribution in [1.29, 1.82) is 0 Å². The van der Waals surface area contributed by atoms with Crippen molar-refractivity contribution in [3.8, 4) is 17.1 Å². The minimum absolute atomic E-state index is 0.0691. The van der Waals surface area contributed by atoms with E-state index in [1.807, 2.05) is 24.3 Å². The molecule has 3 aromatic rings. The molecule has 1 saturated heterocycles. The van der Waals surface area contributed by atoms with E-state index in [0.717, 1.165) is 30.2 Å². The van der Waals surface area contributed by atoms with E-state index in [1.165, 1.54) is 17.0 Å². The van der Waals surface area contributed by atoms with Crippen molar-refractivity contribution in [2.75, 3.05) is 6.61 Å². The van der Waals surface area contributed by atoms with Gasteiger partial charge in [0.15, 0.2) is 0 Å². The summed E-state index contributed by atoms with van der Waals surface area (Å²) in [6.45, 7) is 2.85. The molecule has 0 bridgehead atoms. The average Bonchev–Trinajstić information content (AvgIpc) is 3.36. The van der Waals surface area contributed by atoms with Gasteiger partial charge in [0.2, 0.25) is 17.6 Å². The minimum Gasteiger partial charge on any atom is -0.494 e. The number of nitrogens with zero attached hydrogens (tertiary/aromatic N) is 3. The molecule has 1 aromatic heterocycles. The second-order valence-electron chi connectivity index (χ2n) is 7.54. The number of hydrogen-bond donors (Lipinski definition) is 0. The first-order valence-electron chi connectivity index (χ1n) is 10.3. The van der Waals surface area contributed by atoms with Crippen molar-refractivity contribution >= 4 is 5.91 Å². The predicted octanol–water partition coefficient (Wildman–Crippen LogP) is 5.06. The lowest BCUT2D eigenvalue weighted by atomic mass is 10.1. The lowest BCUT2D eigenvalue weighted by molar-refractivity contribution is -0.130. The molecule has 6 nitrogen and oxygen atoms in total. The fourth-order valence-electron chi connectivity index (χ4n) is 3.61. The smallest absolute Gasteiger partial charge is 0.249 e. The number of unbranched alkanes of at least 4 members (excludes halogenated alkanes) is 1. The second-order valence-corrected chi connectivity index (χ2v) is 7.54. The first kappa shape index (κ1) is 21.0. The maximum absolute atomic E-state index is 13.5. The van der Waals surface area contributed by atoms with Crippen LogP contribution in [0.15, 0.2) is 47.0 Å². The Labute approximate surface area is 178 Å². The van der Waals surface area contributed by atoms with Crippen LogP contribution in [0, 0.1) is 11.6 Å². The fraction of sp³-hybridized carbons (Fsp3) is 0.348. The zero-order chi connectivity index (χ0) is 21.8. The van der Waals surface area contributed by atoms with Crippen LogP contribution in [-0.2, 0) is 11.3 Å². The maximum Gasteiger partial charge on any atom is 0.249 e. The number of carbonyl (C=O) groups is 1. The van der Waals surface area contributed by atoms with Gasteiger partial charge in [0.05, 0.1) is 6.61 Å². The molecule has 1 amide bonds. The van der Waals surface area contributed by atoms with Crippen molar-refractivity contribution < 1.29 is 22.8 Å². The van der Waals surface area contributed by atoms with Gasteiger partial charge in [-0.3, -0.25) is 4.79 Å². The lowest BCUT2D eigenvalue weighted by Crippen LogP contribution is -2.27. The molecule has 2 aromatic carbocycles. The number of halogens is 2. The SMILES string of the molecule is CCCCOc1ccc(-c2noc(C3CCC(=O)N3Cc3cc(F)cc(F)c3)n2)cc1. The number of carbonyl (C=O) groups excluding carboxylic acids is 1. The van der Waals surface area contributed by atoms with Gasteiger partial charge in [-0.1, -0.05) is 18.5 Å². The van der Waals surface area contributed by atoms with E-state index in [4.69, 9.17) is 9.26 Å². The number of likely N-dealkylation sites (tertiary alicyclic amines) is 1. The van der Waals surface area contributed by atoms with Gasteiger partial charge in [0.1, 0.15) is 23.4 Å².